The summed E-state index contributed by atoms with van der Waals surface area (Å²) in [4.78, 5) is 0. The SMILES string of the molecule is Fc1ccc(C(Sc2nnc(NC3CC3)s2)c2ccc(F)cc2)cc1. The fraction of sp³-hybridized carbons (Fsp3) is 0.222. The van der Waals surface area contributed by atoms with Crippen molar-refractivity contribution in [1.82, 2.24) is 10.2 Å². The predicted molar refractivity (Wildman–Crippen MR) is 97.1 cm³/mol. The molecule has 1 aliphatic carbocycles. The Labute approximate surface area is 152 Å². The first-order chi connectivity index (χ1) is 12.2. The molecule has 1 aromatic heterocycles. The monoisotopic (exact) mass is 375 g/mol. The first-order valence-corrected chi connectivity index (χ1v) is 9.64. The highest BCUT2D eigenvalue weighted by Crippen LogP contribution is 2.42. The van der Waals surface area contributed by atoms with Crippen LogP contribution in [0.1, 0.15) is 29.2 Å². The molecular formula is C18H15F2N3S2. The van der Waals surface area contributed by atoms with Crippen LogP contribution < -0.4 is 5.32 Å². The number of thioether (sulfide) groups is 1. The molecule has 4 rings (SSSR count). The second kappa shape index (κ2) is 7.09. The van der Waals surface area contributed by atoms with Crippen LogP contribution >= 0.6 is 23.1 Å². The summed E-state index contributed by atoms with van der Waals surface area (Å²) in [5, 5.41) is 12.5. The standard InChI is InChI=1S/C18H15F2N3S2/c19-13-5-1-11(2-6-13)16(12-3-7-14(20)8-4-12)24-18-23-22-17(25-18)21-15-9-10-15/h1-8,15-16H,9-10H2,(H,21,22). The van der Waals surface area contributed by atoms with Crippen molar-refractivity contribution in [3.8, 4) is 0 Å². The Hall–Kier alpha value is -1.99. The van der Waals surface area contributed by atoms with Crippen molar-refractivity contribution in [2.75, 3.05) is 5.32 Å². The van der Waals surface area contributed by atoms with E-state index in [4.69, 9.17) is 0 Å². The van der Waals surface area contributed by atoms with Gasteiger partial charge in [0.05, 0.1) is 5.25 Å². The van der Waals surface area contributed by atoms with Crippen molar-refractivity contribution in [1.29, 1.82) is 0 Å². The molecule has 0 amide bonds. The van der Waals surface area contributed by atoms with Gasteiger partial charge in [-0.25, -0.2) is 8.78 Å². The van der Waals surface area contributed by atoms with E-state index in [-0.39, 0.29) is 16.9 Å². The molecule has 3 aromatic rings. The molecule has 7 heteroatoms. The van der Waals surface area contributed by atoms with Crippen LogP contribution in [0.3, 0.4) is 0 Å². The fourth-order valence-electron chi connectivity index (χ4n) is 2.42. The van der Waals surface area contributed by atoms with Gasteiger partial charge in [0.15, 0.2) is 4.34 Å². The van der Waals surface area contributed by atoms with Crippen LogP contribution in [0.15, 0.2) is 52.9 Å². The second-order valence-corrected chi connectivity index (χ2v) is 8.22. The van der Waals surface area contributed by atoms with E-state index in [9.17, 15) is 8.78 Å². The van der Waals surface area contributed by atoms with E-state index in [1.54, 1.807) is 24.3 Å². The van der Waals surface area contributed by atoms with E-state index in [2.05, 4.69) is 15.5 Å². The second-order valence-electron chi connectivity index (χ2n) is 5.89. The predicted octanol–water partition coefficient (Wildman–Crippen LogP) is 5.27. The van der Waals surface area contributed by atoms with Gasteiger partial charge in [0.25, 0.3) is 0 Å². The van der Waals surface area contributed by atoms with Crippen molar-refractivity contribution in [3.05, 3.63) is 71.3 Å². The number of anilines is 1. The summed E-state index contributed by atoms with van der Waals surface area (Å²) in [6.07, 6.45) is 2.35. The maximum Gasteiger partial charge on any atom is 0.206 e. The molecule has 0 bridgehead atoms. The number of nitrogens with one attached hydrogen (secondary N) is 1. The topological polar surface area (TPSA) is 37.8 Å². The van der Waals surface area contributed by atoms with E-state index >= 15 is 0 Å². The molecule has 1 heterocycles. The van der Waals surface area contributed by atoms with Crippen molar-refractivity contribution in [3.63, 3.8) is 0 Å². The largest absolute Gasteiger partial charge is 0.357 e. The zero-order valence-electron chi connectivity index (χ0n) is 13.2. The molecule has 1 aliphatic rings. The van der Waals surface area contributed by atoms with Gasteiger partial charge >= 0.3 is 0 Å². The number of halogens is 2. The van der Waals surface area contributed by atoms with E-state index in [0.717, 1.165) is 20.6 Å². The highest BCUT2D eigenvalue weighted by molar-refractivity contribution is 8.01. The molecule has 1 saturated carbocycles. The van der Waals surface area contributed by atoms with Gasteiger partial charge in [0, 0.05) is 6.04 Å². The number of hydrogen-bond donors (Lipinski definition) is 1. The lowest BCUT2D eigenvalue weighted by atomic mass is 10.0. The average Bonchev–Trinajstić information content (AvgIpc) is 3.32. The highest BCUT2D eigenvalue weighted by atomic mass is 32.2. The zero-order chi connectivity index (χ0) is 17.2. The number of nitrogens with zero attached hydrogens (tertiary/aromatic N) is 2. The minimum atomic E-state index is -0.279. The highest BCUT2D eigenvalue weighted by Gasteiger charge is 2.23. The van der Waals surface area contributed by atoms with Gasteiger partial charge in [0.1, 0.15) is 11.6 Å². The van der Waals surface area contributed by atoms with Gasteiger partial charge < -0.3 is 5.32 Å². The molecule has 0 radical (unpaired) electrons. The normalized spacial score (nSPS) is 14.0. The molecular weight excluding hydrogens is 360 g/mol. The van der Waals surface area contributed by atoms with Crippen LogP contribution in [0, 0.1) is 11.6 Å². The Kier molecular flexibility index (Phi) is 4.67. The summed E-state index contributed by atoms with van der Waals surface area (Å²) in [6.45, 7) is 0. The molecule has 1 N–H and O–H groups in total. The lowest BCUT2D eigenvalue weighted by Gasteiger charge is -2.16. The Bertz CT molecular complexity index is 800. The maximum atomic E-state index is 13.3. The van der Waals surface area contributed by atoms with E-state index in [0.29, 0.717) is 6.04 Å². The third-order valence-electron chi connectivity index (χ3n) is 3.88. The van der Waals surface area contributed by atoms with Crippen LogP contribution in [-0.2, 0) is 0 Å². The molecule has 0 unspecified atom stereocenters. The minimum absolute atomic E-state index is 0.108. The fourth-order valence-corrected chi connectivity index (χ4v) is 4.57. The number of rotatable bonds is 6. The van der Waals surface area contributed by atoms with E-state index < -0.39 is 0 Å². The third-order valence-corrected chi connectivity index (χ3v) is 6.13. The number of benzene rings is 2. The first kappa shape index (κ1) is 16.5. The smallest absolute Gasteiger partial charge is 0.206 e. The maximum absolute atomic E-state index is 13.3. The lowest BCUT2D eigenvalue weighted by Crippen LogP contribution is -1.99. The Morgan fingerprint density at radius 3 is 2.00 bits per heavy atom. The Morgan fingerprint density at radius 2 is 1.48 bits per heavy atom. The van der Waals surface area contributed by atoms with Crippen molar-refractivity contribution < 1.29 is 8.78 Å². The van der Waals surface area contributed by atoms with Gasteiger partial charge in [-0.3, -0.25) is 0 Å². The Balaban J connectivity index is 1.61. The summed E-state index contributed by atoms with van der Waals surface area (Å²) in [7, 11) is 0. The van der Waals surface area contributed by atoms with Gasteiger partial charge in [0.2, 0.25) is 5.13 Å². The zero-order valence-corrected chi connectivity index (χ0v) is 14.8. The number of aromatic nitrogens is 2. The van der Waals surface area contributed by atoms with Gasteiger partial charge in [-0.2, -0.15) is 0 Å². The van der Waals surface area contributed by atoms with Crippen molar-refractivity contribution >= 4 is 28.2 Å². The summed E-state index contributed by atoms with van der Waals surface area (Å²) in [6, 6.07) is 13.3. The molecule has 1 fully saturated rings. The summed E-state index contributed by atoms with van der Waals surface area (Å²) >= 11 is 3.04. The first-order valence-electron chi connectivity index (χ1n) is 7.95. The Morgan fingerprint density at radius 1 is 0.920 bits per heavy atom. The lowest BCUT2D eigenvalue weighted by molar-refractivity contribution is 0.626. The van der Waals surface area contributed by atoms with Crippen LogP contribution in [0.2, 0.25) is 0 Å². The molecule has 128 valence electrons. The third kappa shape index (κ3) is 4.16. The van der Waals surface area contributed by atoms with Crippen LogP contribution in [-0.4, -0.2) is 16.2 Å². The molecule has 0 aliphatic heterocycles. The van der Waals surface area contributed by atoms with Crippen LogP contribution in [0.5, 0.6) is 0 Å². The molecule has 3 nitrogen and oxygen atoms in total. The molecule has 0 spiro atoms. The summed E-state index contributed by atoms with van der Waals surface area (Å²) < 4.78 is 27.4. The van der Waals surface area contributed by atoms with Gasteiger partial charge in [-0.15, -0.1) is 10.2 Å². The minimum Gasteiger partial charge on any atom is -0.357 e. The van der Waals surface area contributed by atoms with Crippen molar-refractivity contribution in [2.45, 2.75) is 28.5 Å². The molecule has 0 saturated heterocycles. The summed E-state index contributed by atoms with van der Waals surface area (Å²) in [5.41, 5.74) is 1.87. The van der Waals surface area contributed by atoms with Crippen LogP contribution in [0.4, 0.5) is 13.9 Å². The number of hydrogen-bond acceptors (Lipinski definition) is 5. The quantitative estimate of drug-likeness (QED) is 0.596. The van der Waals surface area contributed by atoms with Gasteiger partial charge in [-0.05, 0) is 48.2 Å². The van der Waals surface area contributed by atoms with Crippen molar-refractivity contribution in [2.24, 2.45) is 0 Å². The van der Waals surface area contributed by atoms with E-state index in [1.165, 1.54) is 60.2 Å². The van der Waals surface area contributed by atoms with E-state index in [1.807, 2.05) is 0 Å². The van der Waals surface area contributed by atoms with Gasteiger partial charge in [-0.1, -0.05) is 47.4 Å². The summed E-state index contributed by atoms with van der Waals surface area (Å²) in [5.74, 6) is -0.558. The van der Waals surface area contributed by atoms with Crippen LogP contribution in [0.25, 0.3) is 0 Å². The molecule has 25 heavy (non-hydrogen) atoms. The molecule has 0 atom stereocenters. The molecule has 2 aromatic carbocycles. The average molecular weight is 375 g/mol.